The summed E-state index contributed by atoms with van der Waals surface area (Å²) < 4.78 is 31.5. The van der Waals surface area contributed by atoms with E-state index in [9.17, 15) is 18.0 Å². The first kappa shape index (κ1) is 28.7. The first-order valence-corrected chi connectivity index (χ1v) is 13.6. The fourth-order valence-corrected chi connectivity index (χ4v) is 4.85. The van der Waals surface area contributed by atoms with Gasteiger partial charge in [0.25, 0.3) is 0 Å². The third kappa shape index (κ3) is 7.75. The molecule has 1 N–H and O–H groups in total. The van der Waals surface area contributed by atoms with Crippen molar-refractivity contribution >= 4 is 50.7 Å². The van der Waals surface area contributed by atoms with Crippen LogP contribution in [0.1, 0.15) is 32.8 Å². The maximum absolute atomic E-state index is 13.7. The molecule has 0 fully saturated rings. The quantitative estimate of drug-likeness (QED) is 0.460. The molecule has 2 rings (SSSR count). The van der Waals surface area contributed by atoms with Crippen molar-refractivity contribution in [1.29, 1.82) is 0 Å². The molecule has 0 unspecified atom stereocenters. The number of carbonyl (C=O) groups is 2. The molecule has 8 nitrogen and oxygen atoms in total. The Hall–Kier alpha value is -2.49. The number of nitrogens with zero attached hydrogens (tertiary/aromatic N) is 2. The molecular formula is C24H31Cl2N3O5S. The van der Waals surface area contributed by atoms with Gasteiger partial charge in [0.1, 0.15) is 18.3 Å². The largest absolute Gasteiger partial charge is 0.497 e. The highest BCUT2D eigenvalue weighted by Crippen LogP contribution is 2.33. The predicted octanol–water partition coefficient (Wildman–Crippen LogP) is 4.10. The van der Waals surface area contributed by atoms with Gasteiger partial charge in [0.2, 0.25) is 21.8 Å². The van der Waals surface area contributed by atoms with E-state index < -0.39 is 28.5 Å². The number of hydrogen-bond donors (Lipinski definition) is 1. The molecule has 2 aromatic carbocycles. The van der Waals surface area contributed by atoms with Gasteiger partial charge in [-0.1, -0.05) is 48.3 Å². The topological polar surface area (TPSA) is 96.0 Å². The van der Waals surface area contributed by atoms with E-state index in [1.165, 1.54) is 24.1 Å². The zero-order valence-corrected chi connectivity index (χ0v) is 22.7. The molecule has 0 aliphatic carbocycles. The van der Waals surface area contributed by atoms with E-state index in [2.05, 4.69) is 5.32 Å². The molecule has 11 heteroatoms. The molecule has 0 bridgehead atoms. The monoisotopic (exact) mass is 543 g/mol. The molecule has 0 heterocycles. The number of nitrogens with one attached hydrogen (secondary N) is 1. The maximum Gasteiger partial charge on any atom is 0.244 e. The number of hydrogen-bond acceptors (Lipinski definition) is 5. The third-order valence-corrected chi connectivity index (χ3v) is 7.12. The van der Waals surface area contributed by atoms with Gasteiger partial charge in [-0.2, -0.15) is 0 Å². The molecule has 0 aliphatic rings. The summed E-state index contributed by atoms with van der Waals surface area (Å²) in [6, 6.07) is 10.7. The number of ether oxygens (including phenoxy) is 1. The highest BCUT2D eigenvalue weighted by Gasteiger charge is 2.32. The summed E-state index contributed by atoms with van der Waals surface area (Å²) in [4.78, 5) is 28.0. The first-order chi connectivity index (χ1) is 16.4. The van der Waals surface area contributed by atoms with Gasteiger partial charge in [0, 0.05) is 12.6 Å². The minimum absolute atomic E-state index is 0.0105. The average Bonchev–Trinajstić information content (AvgIpc) is 2.78. The molecule has 0 saturated carbocycles. The number of amides is 2. The SMILES string of the molecule is CC[C@@H](C(=O)NC(C)C)N(Cc1cccc(OC)c1)C(=O)CN(c1cccc(Cl)c1Cl)S(C)(=O)=O. The Balaban J connectivity index is 2.50. The Kier molecular flexibility index (Phi) is 10.2. The lowest BCUT2D eigenvalue weighted by Crippen LogP contribution is -2.53. The van der Waals surface area contributed by atoms with Crippen LogP contribution in [0.15, 0.2) is 42.5 Å². The number of methoxy groups -OCH3 is 1. The van der Waals surface area contributed by atoms with Crippen LogP contribution in [0.4, 0.5) is 5.69 Å². The lowest BCUT2D eigenvalue weighted by Gasteiger charge is -2.33. The Morgan fingerprint density at radius 3 is 2.34 bits per heavy atom. The normalized spacial score (nSPS) is 12.2. The fraction of sp³-hybridized carbons (Fsp3) is 0.417. The van der Waals surface area contributed by atoms with E-state index in [0.29, 0.717) is 12.2 Å². The Bertz CT molecular complexity index is 1160. The van der Waals surface area contributed by atoms with Gasteiger partial charge < -0.3 is 15.0 Å². The zero-order valence-electron chi connectivity index (χ0n) is 20.4. The van der Waals surface area contributed by atoms with Crippen molar-refractivity contribution in [2.75, 3.05) is 24.2 Å². The maximum atomic E-state index is 13.7. The van der Waals surface area contributed by atoms with Gasteiger partial charge >= 0.3 is 0 Å². The van der Waals surface area contributed by atoms with Crippen LogP contribution < -0.4 is 14.4 Å². The van der Waals surface area contributed by atoms with E-state index in [4.69, 9.17) is 27.9 Å². The van der Waals surface area contributed by atoms with Crippen molar-refractivity contribution in [2.45, 2.75) is 45.8 Å². The van der Waals surface area contributed by atoms with Gasteiger partial charge in [-0.05, 0) is 50.1 Å². The molecule has 35 heavy (non-hydrogen) atoms. The smallest absolute Gasteiger partial charge is 0.244 e. The van der Waals surface area contributed by atoms with Crippen LogP contribution >= 0.6 is 23.2 Å². The molecule has 0 saturated heterocycles. The number of carbonyl (C=O) groups excluding carboxylic acids is 2. The van der Waals surface area contributed by atoms with Crippen LogP contribution in [0.2, 0.25) is 10.0 Å². The van der Waals surface area contributed by atoms with Crippen molar-refractivity contribution < 1.29 is 22.7 Å². The standard InChI is InChI=1S/C24H31Cl2N3O5S/c1-6-20(24(31)27-16(2)3)28(14-17-9-7-10-18(13-17)34-4)22(30)15-29(35(5,32)33)21-12-8-11-19(25)23(21)26/h7-13,16,20H,6,14-15H2,1-5H3,(H,27,31)/t20-/m0/s1. The first-order valence-electron chi connectivity index (χ1n) is 11.0. The second-order valence-electron chi connectivity index (χ2n) is 8.30. The van der Waals surface area contributed by atoms with Crippen molar-refractivity contribution in [1.82, 2.24) is 10.2 Å². The minimum Gasteiger partial charge on any atom is -0.497 e. The molecule has 192 valence electrons. The second-order valence-corrected chi connectivity index (χ2v) is 11.0. The highest BCUT2D eigenvalue weighted by molar-refractivity contribution is 7.92. The van der Waals surface area contributed by atoms with Crippen molar-refractivity contribution in [2.24, 2.45) is 0 Å². The molecule has 2 aromatic rings. The van der Waals surface area contributed by atoms with Crippen molar-refractivity contribution in [3.63, 3.8) is 0 Å². The number of sulfonamides is 1. The van der Waals surface area contributed by atoms with Crippen LogP contribution in [-0.4, -0.2) is 57.1 Å². The van der Waals surface area contributed by atoms with E-state index in [1.807, 2.05) is 13.8 Å². The molecule has 0 aromatic heterocycles. The molecular weight excluding hydrogens is 513 g/mol. The molecule has 0 spiro atoms. The van der Waals surface area contributed by atoms with Crippen LogP contribution in [0.5, 0.6) is 5.75 Å². The van der Waals surface area contributed by atoms with Gasteiger partial charge in [-0.15, -0.1) is 0 Å². The summed E-state index contributed by atoms with van der Waals surface area (Å²) in [5, 5.41) is 3.01. The van der Waals surface area contributed by atoms with Crippen molar-refractivity contribution in [3.05, 3.63) is 58.1 Å². The van der Waals surface area contributed by atoms with E-state index in [0.717, 1.165) is 16.1 Å². The molecule has 2 amide bonds. The minimum atomic E-state index is -3.92. The van der Waals surface area contributed by atoms with Gasteiger partial charge in [0.15, 0.2) is 0 Å². The third-order valence-electron chi connectivity index (χ3n) is 5.18. The summed E-state index contributed by atoms with van der Waals surface area (Å²) in [7, 11) is -2.39. The Morgan fingerprint density at radius 2 is 1.77 bits per heavy atom. The summed E-state index contributed by atoms with van der Waals surface area (Å²) in [5.41, 5.74) is 0.802. The van der Waals surface area contributed by atoms with Crippen LogP contribution in [-0.2, 0) is 26.2 Å². The van der Waals surface area contributed by atoms with Gasteiger partial charge in [-0.25, -0.2) is 8.42 Å². The fourth-order valence-electron chi connectivity index (χ4n) is 3.55. The lowest BCUT2D eigenvalue weighted by molar-refractivity contribution is -0.140. The molecule has 1 atom stereocenters. The van der Waals surface area contributed by atoms with Crippen LogP contribution in [0, 0.1) is 0 Å². The lowest BCUT2D eigenvalue weighted by atomic mass is 10.1. The number of anilines is 1. The van der Waals surface area contributed by atoms with Gasteiger partial charge in [0.05, 0.1) is 29.1 Å². The highest BCUT2D eigenvalue weighted by atomic mass is 35.5. The van der Waals surface area contributed by atoms with Crippen molar-refractivity contribution in [3.8, 4) is 5.75 Å². The second kappa shape index (κ2) is 12.5. The number of halogens is 2. The Morgan fingerprint density at radius 1 is 1.11 bits per heavy atom. The molecule has 0 radical (unpaired) electrons. The number of benzene rings is 2. The van der Waals surface area contributed by atoms with Gasteiger partial charge in [-0.3, -0.25) is 13.9 Å². The zero-order chi connectivity index (χ0) is 26.3. The van der Waals surface area contributed by atoms with E-state index in [-0.39, 0.29) is 34.2 Å². The van der Waals surface area contributed by atoms with E-state index >= 15 is 0 Å². The molecule has 0 aliphatic heterocycles. The summed E-state index contributed by atoms with van der Waals surface area (Å²) >= 11 is 12.4. The number of rotatable bonds is 11. The predicted molar refractivity (Wildman–Crippen MR) is 140 cm³/mol. The summed E-state index contributed by atoms with van der Waals surface area (Å²) in [6.07, 6.45) is 1.30. The summed E-state index contributed by atoms with van der Waals surface area (Å²) in [5.74, 6) is -0.302. The summed E-state index contributed by atoms with van der Waals surface area (Å²) in [6.45, 7) is 4.95. The van der Waals surface area contributed by atoms with Crippen LogP contribution in [0.25, 0.3) is 0 Å². The van der Waals surface area contributed by atoms with E-state index in [1.54, 1.807) is 37.3 Å². The van der Waals surface area contributed by atoms with Crippen LogP contribution in [0.3, 0.4) is 0 Å². The Labute approximate surface area is 217 Å². The average molecular weight is 545 g/mol.